The van der Waals surface area contributed by atoms with E-state index in [-0.39, 0.29) is 23.5 Å². The summed E-state index contributed by atoms with van der Waals surface area (Å²) in [6.45, 7) is 0.151. The van der Waals surface area contributed by atoms with E-state index in [1.807, 2.05) is 30.3 Å². The van der Waals surface area contributed by atoms with Crippen molar-refractivity contribution < 1.29 is 18.7 Å². The van der Waals surface area contributed by atoms with E-state index in [4.69, 9.17) is 20.8 Å². The van der Waals surface area contributed by atoms with Crippen LogP contribution in [-0.4, -0.2) is 41.0 Å². The molecular formula is C20H18ClN3O4S. The number of esters is 1. The third kappa shape index (κ3) is 6.92. The van der Waals surface area contributed by atoms with E-state index in [1.54, 1.807) is 24.3 Å². The summed E-state index contributed by atoms with van der Waals surface area (Å²) < 4.78 is 10.4. The summed E-state index contributed by atoms with van der Waals surface area (Å²) in [5.41, 5.74) is 1.85. The number of nitrogens with zero attached hydrogens (tertiary/aromatic N) is 2. The van der Waals surface area contributed by atoms with Gasteiger partial charge >= 0.3 is 5.97 Å². The molecule has 0 aliphatic carbocycles. The number of thioether (sulfide) groups is 1. The van der Waals surface area contributed by atoms with Gasteiger partial charge in [-0.3, -0.25) is 9.59 Å². The fourth-order valence-corrected chi connectivity index (χ4v) is 3.01. The van der Waals surface area contributed by atoms with Gasteiger partial charge in [-0.1, -0.05) is 53.7 Å². The average molecular weight is 432 g/mol. The van der Waals surface area contributed by atoms with Gasteiger partial charge in [-0.15, -0.1) is 10.2 Å². The zero-order valence-electron chi connectivity index (χ0n) is 15.3. The van der Waals surface area contributed by atoms with E-state index in [1.165, 1.54) is 0 Å². The fraction of sp³-hybridized carbons (Fsp3) is 0.200. The highest BCUT2D eigenvalue weighted by molar-refractivity contribution is 7.99. The molecule has 0 bridgehead atoms. The molecular weight excluding hydrogens is 414 g/mol. The van der Waals surface area contributed by atoms with Crippen molar-refractivity contribution in [1.29, 1.82) is 0 Å². The van der Waals surface area contributed by atoms with Crippen LogP contribution in [0.1, 0.15) is 5.56 Å². The van der Waals surface area contributed by atoms with E-state index < -0.39 is 5.97 Å². The molecule has 29 heavy (non-hydrogen) atoms. The summed E-state index contributed by atoms with van der Waals surface area (Å²) in [6.07, 6.45) is 0.712. The Morgan fingerprint density at radius 1 is 1.07 bits per heavy atom. The van der Waals surface area contributed by atoms with Crippen molar-refractivity contribution in [3.8, 4) is 11.5 Å². The van der Waals surface area contributed by atoms with Crippen molar-refractivity contribution >= 4 is 35.2 Å². The van der Waals surface area contributed by atoms with Gasteiger partial charge in [-0.05, 0) is 36.2 Å². The first kappa shape index (κ1) is 20.9. The Bertz CT molecular complexity index is 948. The van der Waals surface area contributed by atoms with Crippen molar-refractivity contribution in [2.75, 3.05) is 18.9 Å². The SMILES string of the molecule is O=C(COC(=O)CSc1nnc(-c2ccc(Cl)cc2)o1)NCCc1ccccc1. The first-order chi connectivity index (χ1) is 14.1. The van der Waals surface area contributed by atoms with Crippen LogP contribution < -0.4 is 5.32 Å². The molecule has 0 radical (unpaired) electrons. The van der Waals surface area contributed by atoms with Crippen LogP contribution in [0.3, 0.4) is 0 Å². The molecule has 150 valence electrons. The summed E-state index contributed by atoms with van der Waals surface area (Å²) in [7, 11) is 0. The van der Waals surface area contributed by atoms with E-state index in [2.05, 4.69) is 15.5 Å². The molecule has 1 heterocycles. The second-order valence-corrected chi connectivity index (χ2v) is 7.28. The highest BCUT2D eigenvalue weighted by atomic mass is 35.5. The van der Waals surface area contributed by atoms with Gasteiger partial charge in [-0.25, -0.2) is 0 Å². The molecule has 7 nitrogen and oxygen atoms in total. The van der Waals surface area contributed by atoms with Crippen molar-refractivity contribution in [2.24, 2.45) is 0 Å². The highest BCUT2D eigenvalue weighted by Crippen LogP contribution is 2.24. The first-order valence-corrected chi connectivity index (χ1v) is 10.1. The van der Waals surface area contributed by atoms with Crippen molar-refractivity contribution in [3.05, 3.63) is 65.2 Å². The van der Waals surface area contributed by atoms with E-state index >= 15 is 0 Å². The van der Waals surface area contributed by atoms with Crippen molar-refractivity contribution in [1.82, 2.24) is 15.5 Å². The molecule has 0 unspecified atom stereocenters. The molecule has 9 heteroatoms. The molecule has 1 amide bonds. The lowest BCUT2D eigenvalue weighted by Crippen LogP contribution is -2.30. The van der Waals surface area contributed by atoms with Crippen LogP contribution in [0.25, 0.3) is 11.5 Å². The number of hydrogen-bond donors (Lipinski definition) is 1. The summed E-state index contributed by atoms with van der Waals surface area (Å²) in [6, 6.07) is 16.7. The molecule has 1 aromatic heterocycles. The topological polar surface area (TPSA) is 94.3 Å². The second-order valence-electron chi connectivity index (χ2n) is 5.91. The Morgan fingerprint density at radius 3 is 2.59 bits per heavy atom. The molecule has 0 saturated carbocycles. The second kappa shape index (κ2) is 10.6. The van der Waals surface area contributed by atoms with Crippen LogP contribution in [0, 0.1) is 0 Å². The van der Waals surface area contributed by atoms with E-state index in [0.717, 1.165) is 22.9 Å². The third-order valence-electron chi connectivity index (χ3n) is 3.75. The Labute approximate surface area is 176 Å². The molecule has 0 aliphatic rings. The van der Waals surface area contributed by atoms with E-state index in [9.17, 15) is 9.59 Å². The zero-order chi connectivity index (χ0) is 20.5. The summed E-state index contributed by atoms with van der Waals surface area (Å²) in [5, 5.41) is 11.4. The summed E-state index contributed by atoms with van der Waals surface area (Å²) >= 11 is 6.89. The van der Waals surface area contributed by atoms with Crippen LogP contribution >= 0.6 is 23.4 Å². The molecule has 0 spiro atoms. The predicted octanol–water partition coefficient (Wildman–Crippen LogP) is 3.38. The van der Waals surface area contributed by atoms with Crippen LogP contribution in [0.15, 0.2) is 64.2 Å². The quantitative estimate of drug-likeness (QED) is 0.410. The maximum Gasteiger partial charge on any atom is 0.316 e. The average Bonchev–Trinajstić information content (AvgIpc) is 3.21. The number of carbonyl (C=O) groups is 2. The Hall–Kier alpha value is -2.84. The molecule has 0 atom stereocenters. The van der Waals surface area contributed by atoms with Gasteiger partial charge in [0.15, 0.2) is 6.61 Å². The minimum Gasteiger partial charge on any atom is -0.455 e. The minimum atomic E-state index is -0.542. The van der Waals surface area contributed by atoms with Gasteiger partial charge in [0, 0.05) is 17.1 Å². The highest BCUT2D eigenvalue weighted by Gasteiger charge is 2.13. The molecule has 0 saturated heterocycles. The predicted molar refractivity (Wildman–Crippen MR) is 110 cm³/mol. The fourth-order valence-electron chi connectivity index (χ4n) is 2.33. The molecule has 0 fully saturated rings. The lowest BCUT2D eigenvalue weighted by molar-refractivity contribution is -0.145. The van der Waals surface area contributed by atoms with Crippen molar-refractivity contribution in [3.63, 3.8) is 0 Å². The number of ether oxygens (including phenoxy) is 1. The van der Waals surface area contributed by atoms with Crippen LogP contribution in [0.4, 0.5) is 0 Å². The Kier molecular flexibility index (Phi) is 7.66. The number of nitrogens with one attached hydrogen (secondary N) is 1. The first-order valence-electron chi connectivity index (χ1n) is 8.78. The normalized spacial score (nSPS) is 10.5. The van der Waals surface area contributed by atoms with Gasteiger partial charge in [-0.2, -0.15) is 0 Å². The van der Waals surface area contributed by atoms with Crippen molar-refractivity contribution in [2.45, 2.75) is 11.6 Å². The van der Waals surface area contributed by atoms with Gasteiger partial charge in [0.25, 0.3) is 11.1 Å². The van der Waals surface area contributed by atoms with Crippen LogP contribution in [-0.2, 0) is 20.7 Å². The smallest absolute Gasteiger partial charge is 0.316 e. The Morgan fingerprint density at radius 2 is 1.83 bits per heavy atom. The number of benzene rings is 2. The lowest BCUT2D eigenvalue weighted by Gasteiger charge is -2.06. The number of halogens is 1. The van der Waals surface area contributed by atoms with Gasteiger partial charge < -0.3 is 14.5 Å². The monoisotopic (exact) mass is 431 g/mol. The third-order valence-corrected chi connectivity index (χ3v) is 4.80. The zero-order valence-corrected chi connectivity index (χ0v) is 16.9. The molecule has 3 rings (SSSR count). The van der Waals surface area contributed by atoms with Gasteiger partial charge in [0.05, 0.1) is 0 Å². The summed E-state index contributed by atoms with van der Waals surface area (Å²) in [5.74, 6) is -0.601. The molecule has 3 aromatic rings. The number of amides is 1. The van der Waals surface area contributed by atoms with Crippen LogP contribution in [0.2, 0.25) is 5.02 Å². The lowest BCUT2D eigenvalue weighted by atomic mass is 10.1. The van der Waals surface area contributed by atoms with Gasteiger partial charge in [0.1, 0.15) is 5.75 Å². The maximum atomic E-state index is 11.8. The van der Waals surface area contributed by atoms with Gasteiger partial charge in [0.2, 0.25) is 5.89 Å². The number of rotatable bonds is 9. The molecule has 0 aliphatic heterocycles. The molecule has 2 aromatic carbocycles. The number of carbonyl (C=O) groups excluding carboxylic acids is 2. The van der Waals surface area contributed by atoms with E-state index in [0.29, 0.717) is 23.9 Å². The number of aromatic nitrogens is 2. The molecule has 1 N–H and O–H groups in total. The minimum absolute atomic E-state index is 0.0421. The largest absolute Gasteiger partial charge is 0.455 e. The van der Waals surface area contributed by atoms with Crippen LogP contribution in [0.5, 0.6) is 0 Å². The maximum absolute atomic E-state index is 11.8. The summed E-state index contributed by atoms with van der Waals surface area (Å²) in [4.78, 5) is 23.6. The Balaban J connectivity index is 1.34. The number of hydrogen-bond acceptors (Lipinski definition) is 7. The standard InChI is InChI=1S/C20H18ClN3O4S/c21-16-8-6-15(7-9-16)19-23-24-20(28-19)29-13-18(26)27-12-17(25)22-11-10-14-4-2-1-3-5-14/h1-9H,10-13H2,(H,22,25).